The maximum Gasteiger partial charge on any atom is 0.262 e. The van der Waals surface area contributed by atoms with E-state index in [0.717, 1.165) is 0 Å². The fraction of sp³-hybridized carbons (Fsp3) is 0.0952. The van der Waals surface area contributed by atoms with Crippen LogP contribution in [-0.4, -0.2) is 20.9 Å². The van der Waals surface area contributed by atoms with Crippen LogP contribution >= 0.6 is 0 Å². The molecule has 0 unspecified atom stereocenters. The van der Waals surface area contributed by atoms with E-state index in [0.29, 0.717) is 36.2 Å². The van der Waals surface area contributed by atoms with E-state index in [4.69, 9.17) is 4.74 Å². The van der Waals surface area contributed by atoms with Crippen molar-refractivity contribution < 1.29 is 26.7 Å². The van der Waals surface area contributed by atoms with Gasteiger partial charge >= 0.3 is 0 Å². The lowest BCUT2D eigenvalue weighted by atomic mass is 10.1. The van der Waals surface area contributed by atoms with Crippen LogP contribution in [-0.2, 0) is 10.0 Å². The predicted octanol–water partition coefficient (Wildman–Crippen LogP) is 4.54. The van der Waals surface area contributed by atoms with Gasteiger partial charge in [0.05, 0.1) is 16.1 Å². The maximum atomic E-state index is 13.4. The molecule has 0 saturated heterocycles. The summed E-state index contributed by atoms with van der Waals surface area (Å²) < 4.78 is 60.1. The molecule has 0 fully saturated rings. The van der Waals surface area contributed by atoms with Gasteiger partial charge in [-0.15, -0.1) is 0 Å². The zero-order valence-corrected chi connectivity index (χ0v) is 16.5. The predicted molar refractivity (Wildman–Crippen MR) is 107 cm³/mol. The van der Waals surface area contributed by atoms with Gasteiger partial charge in [-0.05, 0) is 49.4 Å². The van der Waals surface area contributed by atoms with Crippen LogP contribution in [0.2, 0.25) is 0 Å². The second kappa shape index (κ2) is 7.42. The molecule has 1 heterocycles. The minimum Gasteiger partial charge on any atom is -0.454 e. The Morgan fingerprint density at radius 1 is 0.967 bits per heavy atom. The molecule has 154 valence electrons. The van der Waals surface area contributed by atoms with Crippen molar-refractivity contribution in [3.8, 4) is 11.5 Å². The van der Waals surface area contributed by atoms with Crippen molar-refractivity contribution >= 4 is 27.3 Å². The Morgan fingerprint density at radius 2 is 1.67 bits per heavy atom. The van der Waals surface area contributed by atoms with E-state index in [2.05, 4.69) is 4.72 Å². The van der Waals surface area contributed by atoms with E-state index in [-0.39, 0.29) is 22.9 Å². The number of anilines is 2. The highest BCUT2D eigenvalue weighted by molar-refractivity contribution is 7.92. The van der Waals surface area contributed by atoms with Crippen molar-refractivity contribution in [3.05, 3.63) is 77.9 Å². The minimum atomic E-state index is -4.28. The lowest BCUT2D eigenvalue weighted by molar-refractivity contribution is 0.0988. The molecule has 0 atom stereocenters. The number of ether oxygens (including phenoxy) is 1. The fourth-order valence-electron chi connectivity index (χ4n) is 3.20. The molecule has 3 aromatic rings. The van der Waals surface area contributed by atoms with Crippen LogP contribution in [0.1, 0.15) is 17.3 Å². The number of nitrogens with zero attached hydrogens (tertiary/aromatic N) is 1. The molecule has 1 aliphatic rings. The largest absolute Gasteiger partial charge is 0.454 e. The third-order valence-corrected chi connectivity index (χ3v) is 5.91. The summed E-state index contributed by atoms with van der Waals surface area (Å²) in [5.41, 5.74) is 0.801. The highest BCUT2D eigenvalue weighted by Gasteiger charge is 2.28. The molecule has 30 heavy (non-hydrogen) atoms. The monoisotopic (exact) mass is 430 g/mol. The number of para-hydroxylation sites is 2. The lowest BCUT2D eigenvalue weighted by Crippen LogP contribution is -2.29. The van der Waals surface area contributed by atoms with E-state index >= 15 is 0 Å². The Hall–Kier alpha value is -3.46. The average molecular weight is 430 g/mol. The second-order valence-electron chi connectivity index (χ2n) is 6.54. The molecule has 1 N–H and O–H groups in total. The molecule has 1 amide bonds. The smallest absolute Gasteiger partial charge is 0.262 e. The van der Waals surface area contributed by atoms with Crippen LogP contribution in [0.15, 0.2) is 65.6 Å². The molecule has 0 radical (unpaired) electrons. The molecule has 0 saturated carbocycles. The summed E-state index contributed by atoms with van der Waals surface area (Å²) in [6.45, 7) is 2.18. The molecule has 0 spiro atoms. The Bertz CT molecular complexity index is 1240. The highest BCUT2D eigenvalue weighted by atomic mass is 32.2. The van der Waals surface area contributed by atoms with Crippen molar-refractivity contribution in [2.24, 2.45) is 0 Å². The van der Waals surface area contributed by atoms with Gasteiger partial charge in [-0.3, -0.25) is 9.52 Å². The Kier molecular flexibility index (Phi) is 4.90. The first-order chi connectivity index (χ1) is 14.3. The van der Waals surface area contributed by atoms with Gasteiger partial charge in [-0.2, -0.15) is 0 Å². The van der Waals surface area contributed by atoms with Gasteiger partial charge in [-0.1, -0.05) is 12.1 Å². The summed E-state index contributed by atoms with van der Waals surface area (Å²) in [5, 5.41) is 0. The maximum absolute atomic E-state index is 13.4. The first-order valence-corrected chi connectivity index (χ1v) is 10.5. The SMILES string of the molecule is CCN1C(=O)c2cc(NS(=O)(=O)c3cc(F)cc(F)c3)ccc2Oc2ccccc21. The van der Waals surface area contributed by atoms with Crippen LogP contribution in [0.4, 0.5) is 20.2 Å². The van der Waals surface area contributed by atoms with E-state index in [1.54, 1.807) is 24.3 Å². The number of carbonyl (C=O) groups is 1. The van der Waals surface area contributed by atoms with Gasteiger partial charge in [0.15, 0.2) is 5.75 Å². The van der Waals surface area contributed by atoms with Gasteiger partial charge in [0.2, 0.25) is 0 Å². The first-order valence-electron chi connectivity index (χ1n) is 9.00. The first kappa shape index (κ1) is 19.8. The van der Waals surface area contributed by atoms with Crippen molar-refractivity contribution in [1.82, 2.24) is 0 Å². The number of amides is 1. The van der Waals surface area contributed by atoms with E-state index in [1.165, 1.54) is 23.1 Å². The van der Waals surface area contributed by atoms with Gasteiger partial charge in [-0.25, -0.2) is 17.2 Å². The molecule has 6 nitrogen and oxygen atoms in total. The summed E-state index contributed by atoms with van der Waals surface area (Å²) >= 11 is 0. The number of hydrogen-bond acceptors (Lipinski definition) is 4. The zero-order valence-electron chi connectivity index (χ0n) is 15.7. The van der Waals surface area contributed by atoms with Gasteiger partial charge in [0.1, 0.15) is 17.4 Å². The van der Waals surface area contributed by atoms with E-state index < -0.39 is 26.6 Å². The summed E-state index contributed by atoms with van der Waals surface area (Å²) in [6, 6.07) is 13.2. The Balaban J connectivity index is 1.73. The summed E-state index contributed by atoms with van der Waals surface area (Å²) in [4.78, 5) is 14.0. The lowest BCUT2D eigenvalue weighted by Gasteiger charge is -2.20. The summed E-state index contributed by atoms with van der Waals surface area (Å²) in [5.74, 6) is -1.64. The molecule has 3 aromatic carbocycles. The van der Waals surface area contributed by atoms with Gasteiger partial charge in [0, 0.05) is 18.3 Å². The number of benzene rings is 3. The number of sulfonamides is 1. The van der Waals surface area contributed by atoms with Crippen molar-refractivity contribution in [2.45, 2.75) is 11.8 Å². The van der Waals surface area contributed by atoms with Crippen molar-refractivity contribution in [3.63, 3.8) is 0 Å². The minimum absolute atomic E-state index is 0.0531. The molecule has 9 heteroatoms. The van der Waals surface area contributed by atoms with Crippen LogP contribution < -0.4 is 14.4 Å². The molecular formula is C21H16F2N2O4S. The van der Waals surface area contributed by atoms with Crippen molar-refractivity contribution in [1.29, 1.82) is 0 Å². The quantitative estimate of drug-likeness (QED) is 0.660. The average Bonchev–Trinajstić information content (AvgIpc) is 2.81. The number of halogens is 2. The van der Waals surface area contributed by atoms with Gasteiger partial charge in [0.25, 0.3) is 15.9 Å². The van der Waals surface area contributed by atoms with Crippen LogP contribution in [0.5, 0.6) is 11.5 Å². The Morgan fingerprint density at radius 3 is 2.37 bits per heavy atom. The number of rotatable bonds is 4. The second-order valence-corrected chi connectivity index (χ2v) is 8.22. The molecular weight excluding hydrogens is 414 g/mol. The van der Waals surface area contributed by atoms with Crippen LogP contribution in [0.25, 0.3) is 0 Å². The van der Waals surface area contributed by atoms with E-state index in [9.17, 15) is 22.0 Å². The third-order valence-electron chi connectivity index (χ3n) is 4.55. The highest BCUT2D eigenvalue weighted by Crippen LogP contribution is 2.39. The van der Waals surface area contributed by atoms with Crippen LogP contribution in [0, 0.1) is 11.6 Å². The van der Waals surface area contributed by atoms with Gasteiger partial charge < -0.3 is 9.64 Å². The number of carbonyl (C=O) groups excluding carboxylic acids is 1. The molecule has 0 bridgehead atoms. The summed E-state index contributed by atoms with van der Waals surface area (Å²) in [6.07, 6.45) is 0. The normalized spacial score (nSPS) is 13.2. The molecule has 4 rings (SSSR count). The molecule has 0 aliphatic carbocycles. The number of nitrogens with one attached hydrogen (secondary N) is 1. The van der Waals surface area contributed by atoms with Crippen LogP contribution in [0.3, 0.4) is 0 Å². The van der Waals surface area contributed by atoms with Crippen molar-refractivity contribution in [2.75, 3.05) is 16.2 Å². The fourth-order valence-corrected chi connectivity index (χ4v) is 4.29. The standard InChI is InChI=1S/C21H16F2N2O4S/c1-2-25-18-5-3-4-6-20(18)29-19-8-7-15(12-17(19)21(25)26)24-30(27,28)16-10-13(22)9-14(23)11-16/h3-12,24H,2H2,1H3. The zero-order chi connectivity index (χ0) is 21.5. The molecule has 1 aliphatic heterocycles. The third kappa shape index (κ3) is 3.59. The Labute approximate surface area is 171 Å². The summed E-state index contributed by atoms with van der Waals surface area (Å²) in [7, 11) is -4.28. The molecule has 0 aromatic heterocycles. The number of fused-ring (bicyclic) bond motifs is 2. The topological polar surface area (TPSA) is 75.7 Å². The van der Waals surface area contributed by atoms with E-state index in [1.807, 2.05) is 6.92 Å². The number of hydrogen-bond donors (Lipinski definition) is 1.